The maximum atomic E-state index is 12.3. The average molecular weight is 310 g/mol. The van der Waals surface area contributed by atoms with Gasteiger partial charge in [0.25, 0.3) is 15.7 Å². The maximum absolute atomic E-state index is 12.3. The van der Waals surface area contributed by atoms with Gasteiger partial charge in [-0.3, -0.25) is 19.9 Å². The normalized spacial score (nSPS) is 11.4. The lowest BCUT2D eigenvalue weighted by atomic mass is 10.1. The smallest absolute Gasteiger partial charge is 0.281 e. The number of nitro benzene ring substituents is 1. The summed E-state index contributed by atoms with van der Waals surface area (Å²) in [5.74, 6) is 0. The van der Waals surface area contributed by atoms with Crippen LogP contribution in [0.4, 0.5) is 11.4 Å². The van der Waals surface area contributed by atoms with E-state index in [9.17, 15) is 18.5 Å². The van der Waals surface area contributed by atoms with E-state index >= 15 is 0 Å². The van der Waals surface area contributed by atoms with Crippen molar-refractivity contribution >= 4 is 21.4 Å². The molecule has 2 N–H and O–H groups in total. The van der Waals surface area contributed by atoms with E-state index < -0.39 is 14.9 Å². The Morgan fingerprint density at radius 2 is 1.86 bits per heavy atom. The zero-order valence-corrected chi connectivity index (χ0v) is 12.5. The minimum absolute atomic E-state index is 0.0463. The van der Waals surface area contributed by atoms with E-state index in [0.717, 1.165) is 11.8 Å². The van der Waals surface area contributed by atoms with Crippen molar-refractivity contribution < 1.29 is 13.3 Å². The summed E-state index contributed by atoms with van der Waals surface area (Å²) in [7, 11) is -3.93. The number of nitrogens with zero attached hydrogens (tertiary/aromatic N) is 2. The van der Waals surface area contributed by atoms with Gasteiger partial charge in [0.05, 0.1) is 16.8 Å². The first-order valence-electron chi connectivity index (χ1n) is 6.01. The molecule has 0 atom stereocenters. The monoisotopic (exact) mass is 310 g/mol. The molecule has 0 aliphatic carbocycles. The number of anilines is 1. The second-order valence-corrected chi connectivity index (χ2v) is 6.33. The molecule has 0 fully saturated rings. The van der Waals surface area contributed by atoms with Gasteiger partial charge >= 0.3 is 0 Å². The van der Waals surface area contributed by atoms with E-state index in [1.54, 1.807) is 20.8 Å². The summed E-state index contributed by atoms with van der Waals surface area (Å²) in [5, 5.41) is 17.2. The molecule has 2 rings (SSSR count). The van der Waals surface area contributed by atoms with E-state index in [4.69, 9.17) is 0 Å². The molecule has 0 amide bonds. The molecule has 0 spiro atoms. The SMILES string of the molecule is Cc1cc(NS(=O)(=O)c2cn[nH]c2C)c([N+](=O)[O-])cc1C. The number of nitrogens with one attached hydrogen (secondary N) is 2. The lowest BCUT2D eigenvalue weighted by Crippen LogP contribution is -2.14. The van der Waals surface area contributed by atoms with E-state index in [-0.39, 0.29) is 16.3 Å². The Kier molecular flexibility index (Phi) is 3.69. The Hall–Kier alpha value is -2.42. The third kappa shape index (κ3) is 2.87. The second-order valence-electron chi connectivity index (χ2n) is 4.68. The van der Waals surface area contributed by atoms with Gasteiger partial charge < -0.3 is 0 Å². The first kappa shape index (κ1) is 15.0. The molecule has 0 saturated heterocycles. The molecule has 1 heterocycles. The summed E-state index contributed by atoms with van der Waals surface area (Å²) in [6, 6.07) is 2.79. The van der Waals surface area contributed by atoms with Gasteiger partial charge in [-0.15, -0.1) is 0 Å². The number of hydrogen-bond acceptors (Lipinski definition) is 5. The summed E-state index contributed by atoms with van der Waals surface area (Å²) in [6.07, 6.45) is 1.16. The maximum Gasteiger partial charge on any atom is 0.293 e. The van der Waals surface area contributed by atoms with Crippen LogP contribution < -0.4 is 4.72 Å². The van der Waals surface area contributed by atoms with Crippen molar-refractivity contribution in [1.29, 1.82) is 0 Å². The highest BCUT2D eigenvalue weighted by molar-refractivity contribution is 7.92. The summed E-state index contributed by atoms with van der Waals surface area (Å²) in [5.41, 5.74) is 1.46. The molecule has 9 heteroatoms. The van der Waals surface area contributed by atoms with E-state index in [1.807, 2.05) is 0 Å². The van der Waals surface area contributed by atoms with Gasteiger partial charge in [-0.2, -0.15) is 5.10 Å². The third-order valence-corrected chi connectivity index (χ3v) is 4.61. The van der Waals surface area contributed by atoms with Crippen LogP contribution in [-0.2, 0) is 10.0 Å². The van der Waals surface area contributed by atoms with E-state index in [0.29, 0.717) is 11.3 Å². The van der Waals surface area contributed by atoms with Crippen LogP contribution in [0.5, 0.6) is 0 Å². The summed E-state index contributed by atoms with van der Waals surface area (Å²) >= 11 is 0. The molecule has 0 aliphatic rings. The highest BCUT2D eigenvalue weighted by Crippen LogP contribution is 2.30. The van der Waals surface area contributed by atoms with Crippen molar-refractivity contribution in [3.05, 3.63) is 45.3 Å². The lowest BCUT2D eigenvalue weighted by molar-refractivity contribution is -0.383. The first-order valence-corrected chi connectivity index (χ1v) is 7.49. The van der Waals surface area contributed by atoms with Crippen LogP contribution in [0.25, 0.3) is 0 Å². The Morgan fingerprint density at radius 3 is 2.38 bits per heavy atom. The number of aromatic amines is 1. The van der Waals surface area contributed by atoms with Gasteiger partial charge in [-0.25, -0.2) is 8.42 Å². The highest BCUT2D eigenvalue weighted by atomic mass is 32.2. The Labute approximate surface area is 121 Å². The fourth-order valence-corrected chi connectivity index (χ4v) is 3.05. The lowest BCUT2D eigenvalue weighted by Gasteiger charge is -2.10. The molecule has 2 aromatic rings. The van der Waals surface area contributed by atoms with Crippen molar-refractivity contribution in [2.45, 2.75) is 25.7 Å². The third-order valence-electron chi connectivity index (χ3n) is 3.13. The number of aromatic nitrogens is 2. The molecule has 0 radical (unpaired) electrons. The van der Waals surface area contributed by atoms with Crippen LogP contribution in [-0.4, -0.2) is 23.5 Å². The highest BCUT2D eigenvalue weighted by Gasteiger charge is 2.24. The van der Waals surface area contributed by atoms with Crippen LogP contribution in [0.15, 0.2) is 23.2 Å². The number of sulfonamides is 1. The largest absolute Gasteiger partial charge is 0.293 e. The fraction of sp³-hybridized carbons (Fsp3) is 0.250. The van der Waals surface area contributed by atoms with E-state index in [1.165, 1.54) is 12.1 Å². The standard InChI is InChI=1S/C12H14N4O4S/c1-7-4-10(11(16(17)18)5-8(7)2)15-21(19,20)12-6-13-14-9(12)3/h4-6,15H,1-3H3,(H,13,14). The molecule has 0 bridgehead atoms. The van der Waals surface area contributed by atoms with E-state index in [2.05, 4.69) is 14.9 Å². The number of benzene rings is 1. The van der Waals surface area contributed by atoms with Crippen molar-refractivity contribution in [2.75, 3.05) is 4.72 Å². The minimum atomic E-state index is -3.93. The Balaban J connectivity index is 2.51. The first-order chi connectivity index (χ1) is 9.72. The van der Waals surface area contributed by atoms with Crippen LogP contribution in [0.1, 0.15) is 16.8 Å². The second kappa shape index (κ2) is 5.17. The van der Waals surface area contributed by atoms with Gasteiger partial charge in [0, 0.05) is 6.07 Å². The zero-order valence-electron chi connectivity index (χ0n) is 11.7. The molecular formula is C12H14N4O4S. The summed E-state index contributed by atoms with van der Waals surface area (Å²) in [6.45, 7) is 5.02. The van der Waals surface area contributed by atoms with Crippen molar-refractivity contribution in [1.82, 2.24) is 10.2 Å². The summed E-state index contributed by atoms with van der Waals surface area (Å²) < 4.78 is 26.8. The van der Waals surface area contributed by atoms with Crippen molar-refractivity contribution in [3.8, 4) is 0 Å². The predicted octanol–water partition coefficient (Wildman–Crippen LogP) is 2.04. The zero-order chi connectivity index (χ0) is 15.8. The van der Waals surface area contributed by atoms with Crippen LogP contribution in [0.3, 0.4) is 0 Å². The number of nitro groups is 1. The summed E-state index contributed by atoms with van der Waals surface area (Å²) in [4.78, 5) is 10.4. The number of hydrogen-bond donors (Lipinski definition) is 2. The van der Waals surface area contributed by atoms with Gasteiger partial charge in [-0.1, -0.05) is 0 Å². The van der Waals surface area contributed by atoms with Gasteiger partial charge in [0.2, 0.25) is 0 Å². The van der Waals surface area contributed by atoms with Gasteiger partial charge in [0.1, 0.15) is 10.6 Å². The van der Waals surface area contributed by atoms with Crippen LogP contribution in [0.2, 0.25) is 0 Å². The average Bonchev–Trinajstić information content (AvgIpc) is 2.80. The molecular weight excluding hydrogens is 296 g/mol. The molecule has 8 nitrogen and oxygen atoms in total. The molecule has 1 aromatic carbocycles. The Bertz CT molecular complexity index is 811. The van der Waals surface area contributed by atoms with Crippen molar-refractivity contribution in [2.24, 2.45) is 0 Å². The van der Waals surface area contributed by atoms with Crippen LogP contribution in [0, 0.1) is 30.9 Å². The molecule has 21 heavy (non-hydrogen) atoms. The predicted molar refractivity (Wildman–Crippen MR) is 76.7 cm³/mol. The van der Waals surface area contributed by atoms with Gasteiger partial charge in [-0.05, 0) is 38.0 Å². The fourth-order valence-electron chi connectivity index (χ4n) is 1.84. The molecule has 0 aliphatic heterocycles. The molecule has 112 valence electrons. The number of aryl methyl sites for hydroxylation is 3. The van der Waals surface area contributed by atoms with Crippen LogP contribution >= 0.6 is 0 Å². The minimum Gasteiger partial charge on any atom is -0.281 e. The topological polar surface area (TPSA) is 118 Å². The Morgan fingerprint density at radius 1 is 1.24 bits per heavy atom. The van der Waals surface area contributed by atoms with Crippen molar-refractivity contribution in [3.63, 3.8) is 0 Å². The van der Waals surface area contributed by atoms with Gasteiger partial charge in [0.15, 0.2) is 0 Å². The number of rotatable bonds is 4. The molecule has 1 aromatic heterocycles. The molecule has 0 unspecified atom stereocenters. The molecule has 0 saturated carbocycles. The number of H-pyrrole nitrogens is 1. The quantitative estimate of drug-likeness (QED) is 0.661.